The molecule has 1 saturated carbocycles. The monoisotopic (exact) mass is 566 g/mol. The molecule has 3 rings (SSSR count). The Morgan fingerprint density at radius 2 is 1.61 bits per heavy atom. The Bertz CT molecular complexity index is 1190. The highest BCUT2D eigenvalue weighted by Gasteiger charge is 2.78. The van der Waals surface area contributed by atoms with Gasteiger partial charge in [0.15, 0.2) is 22.8 Å². The van der Waals surface area contributed by atoms with E-state index in [1.54, 1.807) is 13.8 Å². The fourth-order valence-electron chi connectivity index (χ4n) is 7.51. The maximum atomic E-state index is 15.3. The molecule has 1 N–H and O–H groups in total. The zero-order valence-electron chi connectivity index (χ0n) is 27.5. The van der Waals surface area contributed by atoms with Crippen molar-refractivity contribution in [2.24, 2.45) is 28.1 Å². The van der Waals surface area contributed by atoms with Crippen LogP contribution in [0.2, 0.25) is 0 Å². The molecule has 1 spiro atoms. The van der Waals surface area contributed by atoms with Crippen LogP contribution in [0.4, 0.5) is 0 Å². The van der Waals surface area contributed by atoms with Crippen LogP contribution in [0.5, 0.6) is 0 Å². The predicted molar refractivity (Wildman–Crippen MR) is 165 cm³/mol. The Labute approximate surface area is 248 Å². The standard InChI is InChI=1S/C36H54O5/c1-12-25(8)29(37)36-30(38)27(18-16-24(6)7)31-35(32(36)39,21-28(41-31)33(9,10)40)20-26(17-15-23(4)5)34(36,11)19-13-14-22(2)3/h14-16,25-26,28,40H,12-13,17-21H2,1-11H3/t25?,26-,28-,34+,35-,36-/m0/s1. The first-order chi connectivity index (χ1) is 18.9. The Morgan fingerprint density at radius 3 is 2.12 bits per heavy atom. The summed E-state index contributed by atoms with van der Waals surface area (Å²) in [6, 6.07) is 0. The second-order valence-electron chi connectivity index (χ2n) is 14.6. The van der Waals surface area contributed by atoms with Crippen LogP contribution in [-0.2, 0) is 19.1 Å². The average Bonchev–Trinajstić information content (AvgIpc) is 3.25. The van der Waals surface area contributed by atoms with Gasteiger partial charge in [-0.25, -0.2) is 0 Å². The van der Waals surface area contributed by atoms with E-state index in [9.17, 15) is 9.90 Å². The summed E-state index contributed by atoms with van der Waals surface area (Å²) in [6.07, 6.45) is 9.26. The van der Waals surface area contributed by atoms with Gasteiger partial charge < -0.3 is 9.84 Å². The van der Waals surface area contributed by atoms with E-state index in [0.29, 0.717) is 49.9 Å². The molecule has 2 aliphatic carbocycles. The van der Waals surface area contributed by atoms with Crippen molar-refractivity contribution in [3.05, 3.63) is 46.3 Å². The van der Waals surface area contributed by atoms with E-state index in [0.717, 1.165) is 5.57 Å². The van der Waals surface area contributed by atoms with E-state index in [1.165, 1.54) is 11.1 Å². The number of Topliss-reactive ketones (excluding diaryl/α,β-unsaturated/α-hetero) is 3. The van der Waals surface area contributed by atoms with Crippen molar-refractivity contribution in [2.45, 2.75) is 133 Å². The second-order valence-corrected chi connectivity index (χ2v) is 14.6. The van der Waals surface area contributed by atoms with Crippen LogP contribution in [0.1, 0.15) is 121 Å². The summed E-state index contributed by atoms with van der Waals surface area (Å²) in [5, 5.41) is 11.1. The summed E-state index contributed by atoms with van der Waals surface area (Å²) in [7, 11) is 0. The molecular formula is C36H54O5. The summed E-state index contributed by atoms with van der Waals surface area (Å²) < 4.78 is 6.48. The fraction of sp³-hybridized carbons (Fsp3) is 0.694. The van der Waals surface area contributed by atoms with Crippen molar-refractivity contribution in [1.82, 2.24) is 0 Å². The zero-order chi connectivity index (χ0) is 31.1. The van der Waals surface area contributed by atoms with Gasteiger partial charge in [-0.3, -0.25) is 14.4 Å². The third-order valence-corrected chi connectivity index (χ3v) is 10.2. The molecule has 1 unspecified atom stereocenters. The van der Waals surface area contributed by atoms with E-state index in [4.69, 9.17) is 4.74 Å². The quantitative estimate of drug-likeness (QED) is 0.202. The highest BCUT2D eigenvalue weighted by molar-refractivity contribution is 6.33. The number of ether oxygens (including phenoxy) is 1. The van der Waals surface area contributed by atoms with Gasteiger partial charge in [0, 0.05) is 17.9 Å². The number of ketones is 3. The maximum absolute atomic E-state index is 15.3. The van der Waals surface area contributed by atoms with E-state index < -0.39 is 33.9 Å². The number of fused-ring (bicyclic) bond motifs is 1. The average molecular weight is 567 g/mol. The van der Waals surface area contributed by atoms with Gasteiger partial charge in [0.2, 0.25) is 0 Å². The van der Waals surface area contributed by atoms with Crippen molar-refractivity contribution >= 4 is 17.3 Å². The molecule has 5 nitrogen and oxygen atoms in total. The molecule has 0 amide bonds. The van der Waals surface area contributed by atoms with Crippen LogP contribution in [0.15, 0.2) is 46.3 Å². The summed E-state index contributed by atoms with van der Waals surface area (Å²) in [5.41, 5.74) is -1.15. The third-order valence-electron chi connectivity index (χ3n) is 10.2. The van der Waals surface area contributed by atoms with Gasteiger partial charge in [-0.15, -0.1) is 0 Å². The van der Waals surface area contributed by atoms with Crippen LogP contribution in [-0.4, -0.2) is 34.2 Å². The number of aliphatic hydroxyl groups is 1. The molecule has 0 aromatic rings. The SMILES string of the molecule is CCC(C)C(=O)[C@@]12C(=O)C(CC=C(C)C)=C3O[C@H](C(C)(C)O)C[C@]3(C[C@H](CC=C(C)C)[C@@]1(C)CCC=C(C)C)C2=O. The number of hydrogen-bond donors (Lipinski definition) is 1. The zero-order valence-corrected chi connectivity index (χ0v) is 27.5. The molecule has 3 aliphatic rings. The van der Waals surface area contributed by atoms with Gasteiger partial charge in [-0.1, -0.05) is 55.7 Å². The molecule has 2 bridgehead atoms. The van der Waals surface area contributed by atoms with E-state index >= 15 is 9.59 Å². The first-order valence-corrected chi connectivity index (χ1v) is 15.6. The lowest BCUT2D eigenvalue weighted by molar-refractivity contribution is -0.179. The van der Waals surface area contributed by atoms with Gasteiger partial charge in [0.05, 0.1) is 11.0 Å². The minimum Gasteiger partial charge on any atom is -0.490 e. The Kier molecular flexibility index (Phi) is 9.55. The Morgan fingerprint density at radius 1 is 1.02 bits per heavy atom. The van der Waals surface area contributed by atoms with Crippen molar-refractivity contribution in [1.29, 1.82) is 0 Å². The number of carbonyl (C=O) groups excluding carboxylic acids is 3. The highest BCUT2D eigenvalue weighted by Crippen LogP contribution is 2.70. The molecule has 1 heterocycles. The van der Waals surface area contributed by atoms with Crippen LogP contribution in [0.25, 0.3) is 0 Å². The van der Waals surface area contributed by atoms with Crippen molar-refractivity contribution < 1.29 is 24.2 Å². The summed E-state index contributed by atoms with van der Waals surface area (Å²) in [4.78, 5) is 45.2. The molecule has 0 aromatic carbocycles. The predicted octanol–water partition coefficient (Wildman–Crippen LogP) is 8.03. The largest absolute Gasteiger partial charge is 0.490 e. The van der Waals surface area contributed by atoms with Gasteiger partial charge in [0.1, 0.15) is 11.9 Å². The van der Waals surface area contributed by atoms with Crippen LogP contribution >= 0.6 is 0 Å². The second kappa shape index (κ2) is 11.8. The highest BCUT2D eigenvalue weighted by atomic mass is 16.5. The summed E-state index contributed by atoms with van der Waals surface area (Å²) in [5.74, 6) is -1.01. The molecule has 6 atom stereocenters. The molecule has 228 valence electrons. The fourth-order valence-corrected chi connectivity index (χ4v) is 7.51. The van der Waals surface area contributed by atoms with Gasteiger partial charge >= 0.3 is 0 Å². The maximum Gasteiger partial charge on any atom is 0.184 e. The minimum atomic E-state index is -1.79. The normalized spacial score (nSPS) is 31.7. The molecule has 1 aliphatic heterocycles. The molecule has 1 saturated heterocycles. The Hall–Kier alpha value is -2.27. The molecule has 0 aromatic heterocycles. The Balaban J connectivity index is 2.46. The van der Waals surface area contributed by atoms with Crippen molar-refractivity contribution in [2.75, 3.05) is 0 Å². The molecule has 5 heteroatoms. The summed E-state index contributed by atoms with van der Waals surface area (Å²) >= 11 is 0. The lowest BCUT2D eigenvalue weighted by atomic mass is 9.38. The van der Waals surface area contributed by atoms with Gasteiger partial charge in [-0.05, 0) is 105 Å². The third kappa shape index (κ3) is 5.48. The molecular weight excluding hydrogens is 512 g/mol. The van der Waals surface area contributed by atoms with Gasteiger partial charge in [0.25, 0.3) is 0 Å². The first-order valence-electron chi connectivity index (χ1n) is 15.6. The molecule has 0 radical (unpaired) electrons. The lowest BCUT2D eigenvalue weighted by Crippen LogP contribution is -2.70. The van der Waals surface area contributed by atoms with Crippen LogP contribution in [0, 0.1) is 28.1 Å². The van der Waals surface area contributed by atoms with Crippen molar-refractivity contribution in [3.63, 3.8) is 0 Å². The van der Waals surface area contributed by atoms with Crippen molar-refractivity contribution in [3.8, 4) is 0 Å². The number of hydrogen-bond acceptors (Lipinski definition) is 5. The molecule has 2 fully saturated rings. The van der Waals surface area contributed by atoms with Crippen LogP contribution in [0.3, 0.4) is 0 Å². The van der Waals surface area contributed by atoms with E-state index in [1.807, 2.05) is 40.7 Å². The lowest BCUT2D eigenvalue weighted by Gasteiger charge is -2.60. The van der Waals surface area contributed by atoms with Gasteiger partial charge in [-0.2, -0.15) is 0 Å². The van der Waals surface area contributed by atoms with E-state index in [2.05, 4.69) is 39.8 Å². The smallest absolute Gasteiger partial charge is 0.184 e. The topological polar surface area (TPSA) is 80.7 Å². The number of allylic oxidation sites excluding steroid dienone is 8. The number of carbonyl (C=O) groups is 3. The van der Waals surface area contributed by atoms with E-state index in [-0.39, 0.29) is 29.7 Å². The van der Waals surface area contributed by atoms with Crippen LogP contribution < -0.4 is 0 Å². The molecule has 41 heavy (non-hydrogen) atoms. The number of rotatable bonds is 11. The summed E-state index contributed by atoms with van der Waals surface area (Å²) in [6.45, 7) is 21.4. The first kappa shape index (κ1) is 33.2. The minimum absolute atomic E-state index is 0.0956.